The van der Waals surface area contributed by atoms with Crippen LogP contribution in [0.3, 0.4) is 0 Å². The summed E-state index contributed by atoms with van der Waals surface area (Å²) in [6.07, 6.45) is -1.30. The Balaban J connectivity index is 2.15. The van der Waals surface area contributed by atoms with Gasteiger partial charge in [0.1, 0.15) is 11.8 Å². The SMILES string of the molecule is NC(=S)N/N=C(/c1nc2ccc([N+](=O)[O-])cc2[nH]c1=O)C(O)c1ccccc1. The number of benzene rings is 2. The molecule has 10 nitrogen and oxygen atoms in total. The number of aromatic nitrogens is 2. The first-order chi connectivity index (χ1) is 13.4. The molecule has 142 valence electrons. The van der Waals surface area contributed by atoms with Crippen LogP contribution in [-0.2, 0) is 0 Å². The van der Waals surface area contributed by atoms with Gasteiger partial charge < -0.3 is 15.8 Å². The number of nitrogens with two attached hydrogens (primary N) is 1. The number of fused-ring (bicyclic) bond motifs is 1. The highest BCUT2D eigenvalue weighted by atomic mass is 32.1. The molecule has 3 rings (SSSR count). The van der Waals surface area contributed by atoms with Crippen molar-refractivity contribution in [3.63, 3.8) is 0 Å². The molecule has 1 heterocycles. The maximum atomic E-state index is 12.6. The number of aromatic amines is 1. The van der Waals surface area contributed by atoms with E-state index in [1.165, 1.54) is 18.2 Å². The second-order valence-corrected chi connectivity index (χ2v) is 6.10. The summed E-state index contributed by atoms with van der Waals surface area (Å²) in [5, 5.41) is 25.4. The van der Waals surface area contributed by atoms with Crippen LogP contribution in [0.15, 0.2) is 58.4 Å². The third kappa shape index (κ3) is 4.00. The summed E-state index contributed by atoms with van der Waals surface area (Å²) in [4.78, 5) is 29.6. The molecule has 0 saturated carbocycles. The normalized spacial score (nSPS) is 12.5. The highest BCUT2D eigenvalue weighted by Gasteiger charge is 2.23. The zero-order valence-corrected chi connectivity index (χ0v) is 15.0. The van der Waals surface area contributed by atoms with Gasteiger partial charge in [-0.05, 0) is 23.8 Å². The largest absolute Gasteiger partial charge is 0.382 e. The fraction of sp³-hybridized carbons (Fsp3) is 0.0588. The van der Waals surface area contributed by atoms with Crippen LogP contribution in [0.2, 0.25) is 0 Å². The number of non-ortho nitro benzene ring substituents is 1. The Morgan fingerprint density at radius 1 is 1.32 bits per heavy atom. The fourth-order valence-electron chi connectivity index (χ4n) is 2.51. The van der Waals surface area contributed by atoms with Crippen LogP contribution in [0.5, 0.6) is 0 Å². The van der Waals surface area contributed by atoms with Crippen molar-refractivity contribution in [2.24, 2.45) is 10.8 Å². The predicted molar refractivity (Wildman–Crippen MR) is 107 cm³/mol. The number of rotatable bonds is 5. The van der Waals surface area contributed by atoms with Gasteiger partial charge in [-0.25, -0.2) is 4.98 Å². The van der Waals surface area contributed by atoms with E-state index >= 15 is 0 Å². The number of nitro benzene ring substituents is 1. The summed E-state index contributed by atoms with van der Waals surface area (Å²) in [5.74, 6) is 0. The summed E-state index contributed by atoms with van der Waals surface area (Å²) < 4.78 is 0. The van der Waals surface area contributed by atoms with Crippen LogP contribution < -0.4 is 16.7 Å². The average Bonchev–Trinajstić information content (AvgIpc) is 2.68. The number of thiocarbonyl (C=S) groups is 1. The van der Waals surface area contributed by atoms with Crippen molar-refractivity contribution in [3.8, 4) is 0 Å². The first kappa shape index (κ1) is 19.1. The number of hydrazone groups is 1. The summed E-state index contributed by atoms with van der Waals surface area (Å²) in [6, 6.07) is 12.4. The Kier molecular flexibility index (Phi) is 5.38. The molecule has 0 aliphatic rings. The summed E-state index contributed by atoms with van der Waals surface area (Å²) >= 11 is 4.72. The van der Waals surface area contributed by atoms with Gasteiger partial charge in [0.15, 0.2) is 10.8 Å². The van der Waals surface area contributed by atoms with Gasteiger partial charge >= 0.3 is 0 Å². The Morgan fingerprint density at radius 3 is 2.68 bits per heavy atom. The van der Waals surface area contributed by atoms with Gasteiger partial charge in [-0.1, -0.05) is 30.3 Å². The summed E-state index contributed by atoms with van der Waals surface area (Å²) in [7, 11) is 0. The van der Waals surface area contributed by atoms with Crippen LogP contribution in [-0.4, -0.2) is 30.8 Å². The fourth-order valence-corrected chi connectivity index (χ4v) is 2.56. The van der Waals surface area contributed by atoms with Crippen molar-refractivity contribution >= 4 is 39.8 Å². The standard InChI is InChI=1S/C17H14N6O4S/c18-17(28)22-21-13(15(24)9-4-2-1-3-5-9)14-16(25)20-12-8-10(23(26)27)6-7-11(12)19-14/h1-8,15,24H,(H,20,25)(H3,18,22,28)/b21-13-. The lowest BCUT2D eigenvalue weighted by Gasteiger charge is -2.14. The highest BCUT2D eigenvalue weighted by molar-refractivity contribution is 7.80. The van der Waals surface area contributed by atoms with Crippen LogP contribution in [0, 0.1) is 10.1 Å². The number of nitrogens with one attached hydrogen (secondary N) is 2. The molecule has 0 saturated heterocycles. The maximum absolute atomic E-state index is 12.6. The van der Waals surface area contributed by atoms with E-state index in [4.69, 9.17) is 18.0 Å². The smallest absolute Gasteiger partial charge is 0.276 e. The molecule has 28 heavy (non-hydrogen) atoms. The van der Waals surface area contributed by atoms with Crippen molar-refractivity contribution in [2.75, 3.05) is 0 Å². The number of hydrogen-bond donors (Lipinski definition) is 4. The molecule has 1 unspecified atom stereocenters. The third-order valence-corrected chi connectivity index (χ3v) is 3.88. The van der Waals surface area contributed by atoms with Crippen LogP contribution >= 0.6 is 12.2 Å². The number of hydrogen-bond acceptors (Lipinski definition) is 7. The van der Waals surface area contributed by atoms with Crippen LogP contribution in [0.1, 0.15) is 17.4 Å². The second kappa shape index (κ2) is 7.90. The Morgan fingerprint density at radius 2 is 2.04 bits per heavy atom. The van der Waals surface area contributed by atoms with E-state index in [0.29, 0.717) is 5.56 Å². The number of H-pyrrole nitrogens is 1. The Labute approximate surface area is 162 Å². The minimum atomic E-state index is -1.30. The number of aliphatic hydroxyl groups is 1. The average molecular weight is 398 g/mol. The quantitative estimate of drug-likeness (QED) is 0.215. The summed E-state index contributed by atoms with van der Waals surface area (Å²) in [5.41, 5.74) is 7.50. The first-order valence-electron chi connectivity index (χ1n) is 7.91. The molecule has 0 radical (unpaired) electrons. The third-order valence-electron chi connectivity index (χ3n) is 3.79. The molecule has 5 N–H and O–H groups in total. The lowest BCUT2D eigenvalue weighted by molar-refractivity contribution is -0.384. The van der Waals surface area contributed by atoms with E-state index in [1.807, 2.05) is 0 Å². The molecular formula is C17H14N6O4S. The molecule has 0 fully saturated rings. The molecule has 0 aliphatic heterocycles. The predicted octanol–water partition coefficient (Wildman–Crippen LogP) is 1.10. The summed E-state index contributed by atoms with van der Waals surface area (Å²) in [6.45, 7) is 0. The lowest BCUT2D eigenvalue weighted by Crippen LogP contribution is -2.31. The van der Waals surface area contributed by atoms with E-state index in [-0.39, 0.29) is 33.2 Å². The van der Waals surface area contributed by atoms with Crippen molar-refractivity contribution in [2.45, 2.75) is 6.10 Å². The van der Waals surface area contributed by atoms with Gasteiger partial charge in [0.05, 0.1) is 16.0 Å². The molecule has 1 aromatic heterocycles. The second-order valence-electron chi connectivity index (χ2n) is 5.66. The molecule has 2 aromatic carbocycles. The van der Waals surface area contributed by atoms with E-state index in [9.17, 15) is 20.0 Å². The maximum Gasteiger partial charge on any atom is 0.276 e. The van der Waals surface area contributed by atoms with Crippen molar-refractivity contribution < 1.29 is 10.0 Å². The van der Waals surface area contributed by atoms with Gasteiger partial charge in [-0.2, -0.15) is 5.10 Å². The van der Waals surface area contributed by atoms with Gasteiger partial charge in [-0.3, -0.25) is 20.3 Å². The molecule has 0 amide bonds. The molecular weight excluding hydrogens is 384 g/mol. The zero-order valence-electron chi connectivity index (χ0n) is 14.2. The highest BCUT2D eigenvalue weighted by Crippen LogP contribution is 2.20. The number of nitrogens with zero attached hydrogens (tertiary/aromatic N) is 3. The van der Waals surface area contributed by atoms with Gasteiger partial charge in [0, 0.05) is 12.1 Å². The number of aliphatic hydroxyl groups excluding tert-OH is 1. The van der Waals surface area contributed by atoms with E-state index in [0.717, 1.165) is 0 Å². The van der Waals surface area contributed by atoms with E-state index < -0.39 is 16.6 Å². The van der Waals surface area contributed by atoms with Crippen LogP contribution in [0.4, 0.5) is 5.69 Å². The monoisotopic (exact) mass is 398 g/mol. The van der Waals surface area contributed by atoms with Gasteiger partial charge in [-0.15, -0.1) is 0 Å². The Bertz CT molecular complexity index is 1150. The zero-order chi connectivity index (χ0) is 20.3. The molecule has 0 bridgehead atoms. The first-order valence-corrected chi connectivity index (χ1v) is 8.32. The van der Waals surface area contributed by atoms with Gasteiger partial charge in [0.25, 0.3) is 11.2 Å². The molecule has 0 aliphatic carbocycles. The van der Waals surface area contributed by atoms with E-state index in [1.54, 1.807) is 30.3 Å². The van der Waals surface area contributed by atoms with Crippen molar-refractivity contribution in [3.05, 3.63) is 80.3 Å². The molecule has 0 spiro atoms. The molecule has 3 aromatic rings. The number of nitro groups is 1. The van der Waals surface area contributed by atoms with Crippen LogP contribution in [0.25, 0.3) is 11.0 Å². The minimum absolute atomic E-state index is 0.111. The van der Waals surface area contributed by atoms with Crippen molar-refractivity contribution in [1.82, 2.24) is 15.4 Å². The molecule has 11 heteroatoms. The topological polar surface area (TPSA) is 160 Å². The molecule has 1 atom stereocenters. The lowest BCUT2D eigenvalue weighted by atomic mass is 10.0. The van der Waals surface area contributed by atoms with Crippen molar-refractivity contribution in [1.29, 1.82) is 0 Å². The minimum Gasteiger partial charge on any atom is -0.382 e. The Hall–Kier alpha value is -3.70. The van der Waals surface area contributed by atoms with Gasteiger partial charge in [0.2, 0.25) is 0 Å². The van der Waals surface area contributed by atoms with E-state index in [2.05, 4.69) is 20.5 Å².